The van der Waals surface area contributed by atoms with Crippen molar-refractivity contribution in [3.05, 3.63) is 0 Å². The highest BCUT2D eigenvalue weighted by Crippen LogP contribution is 2.17. The third-order valence-corrected chi connectivity index (χ3v) is 4.21. The fourth-order valence-corrected chi connectivity index (χ4v) is 2.90. The molecule has 2 aliphatic rings. The maximum Gasteiger partial charge on any atom is 0.320 e. The fraction of sp³-hybridized carbons (Fsp3) is 0.846. The van der Waals surface area contributed by atoms with Crippen LogP contribution >= 0.6 is 12.2 Å². The van der Waals surface area contributed by atoms with Crippen LogP contribution in [0.4, 0.5) is 4.79 Å². The molecule has 0 aromatic rings. The normalized spacial score (nSPS) is 22.6. The number of amides is 2. The quantitative estimate of drug-likeness (QED) is 0.760. The van der Waals surface area contributed by atoms with E-state index in [1.807, 2.05) is 9.80 Å². The first-order chi connectivity index (χ1) is 9.06. The number of piperidine rings is 1. The van der Waals surface area contributed by atoms with Gasteiger partial charge in [0.05, 0.1) is 4.99 Å². The van der Waals surface area contributed by atoms with Gasteiger partial charge in [-0.25, -0.2) is 4.79 Å². The third kappa shape index (κ3) is 4.04. The van der Waals surface area contributed by atoms with Crippen molar-refractivity contribution < 1.29 is 4.79 Å². The molecule has 0 aromatic carbocycles. The smallest absolute Gasteiger partial charge is 0.320 e. The Morgan fingerprint density at radius 3 is 2.16 bits per heavy atom. The van der Waals surface area contributed by atoms with E-state index in [4.69, 9.17) is 18.0 Å². The van der Waals surface area contributed by atoms with Gasteiger partial charge in [-0.2, -0.15) is 0 Å². The van der Waals surface area contributed by atoms with E-state index in [9.17, 15) is 4.79 Å². The average Bonchev–Trinajstić information content (AvgIpc) is 2.39. The molecule has 0 bridgehead atoms. The second-order valence-electron chi connectivity index (χ2n) is 5.68. The van der Waals surface area contributed by atoms with Gasteiger partial charge in [-0.3, -0.25) is 4.90 Å². The topological polar surface area (TPSA) is 52.8 Å². The van der Waals surface area contributed by atoms with Crippen molar-refractivity contribution in [1.82, 2.24) is 14.7 Å². The summed E-state index contributed by atoms with van der Waals surface area (Å²) in [7, 11) is 0. The van der Waals surface area contributed by atoms with Crippen molar-refractivity contribution in [3.8, 4) is 0 Å². The summed E-state index contributed by atoms with van der Waals surface area (Å²) in [5.74, 6) is 0.756. The number of hydrogen-bond acceptors (Lipinski definition) is 3. The number of rotatable bonds is 2. The van der Waals surface area contributed by atoms with E-state index in [2.05, 4.69) is 11.8 Å². The number of likely N-dealkylation sites (tertiary alicyclic amines) is 1. The zero-order valence-corrected chi connectivity index (χ0v) is 12.5. The highest BCUT2D eigenvalue weighted by Gasteiger charge is 2.27. The fourth-order valence-electron chi connectivity index (χ4n) is 2.72. The van der Waals surface area contributed by atoms with E-state index in [-0.39, 0.29) is 6.03 Å². The van der Waals surface area contributed by atoms with E-state index in [0.29, 0.717) is 11.5 Å². The summed E-state index contributed by atoms with van der Waals surface area (Å²) in [6, 6.07) is 0.210. The number of nitrogens with zero attached hydrogens (tertiary/aromatic N) is 3. The Hall–Kier alpha value is -0.880. The molecule has 6 heteroatoms. The molecule has 0 spiro atoms. The van der Waals surface area contributed by atoms with Crippen LogP contribution in [0.15, 0.2) is 0 Å². The predicted octanol–water partition coefficient (Wildman–Crippen LogP) is 0.742. The number of thiocarbonyl (C=S) groups is 1. The first kappa shape index (κ1) is 14.5. The van der Waals surface area contributed by atoms with Crippen LogP contribution in [0.3, 0.4) is 0 Å². The molecular formula is C13H24N4OS. The van der Waals surface area contributed by atoms with Gasteiger partial charge in [-0.05, 0) is 18.8 Å². The maximum atomic E-state index is 12.4. The van der Waals surface area contributed by atoms with E-state index in [0.717, 1.165) is 58.0 Å². The zero-order chi connectivity index (χ0) is 13.8. The van der Waals surface area contributed by atoms with Crippen LogP contribution in [0.2, 0.25) is 0 Å². The maximum absolute atomic E-state index is 12.4. The average molecular weight is 284 g/mol. The van der Waals surface area contributed by atoms with Gasteiger partial charge in [-0.1, -0.05) is 19.1 Å². The molecule has 0 atom stereocenters. The van der Waals surface area contributed by atoms with Crippen molar-refractivity contribution >= 4 is 23.2 Å². The van der Waals surface area contributed by atoms with E-state index < -0.39 is 0 Å². The molecule has 108 valence electrons. The number of urea groups is 1. The van der Waals surface area contributed by atoms with Gasteiger partial charge >= 0.3 is 6.03 Å². The second-order valence-corrected chi connectivity index (χ2v) is 6.21. The molecule has 0 saturated carbocycles. The molecule has 19 heavy (non-hydrogen) atoms. The lowest BCUT2D eigenvalue weighted by atomic mass is 9.99. The van der Waals surface area contributed by atoms with Crippen LogP contribution in [0.1, 0.15) is 19.8 Å². The monoisotopic (exact) mass is 284 g/mol. The van der Waals surface area contributed by atoms with Gasteiger partial charge in [0.15, 0.2) is 0 Å². The molecule has 2 rings (SSSR count). The number of nitrogens with two attached hydrogens (primary N) is 1. The zero-order valence-electron chi connectivity index (χ0n) is 11.7. The highest BCUT2D eigenvalue weighted by atomic mass is 32.1. The van der Waals surface area contributed by atoms with Gasteiger partial charge in [0.25, 0.3) is 0 Å². The van der Waals surface area contributed by atoms with E-state index >= 15 is 0 Å². The van der Waals surface area contributed by atoms with Gasteiger partial charge in [-0.15, -0.1) is 0 Å². The standard InChI is InChI=1S/C13H24N4OS/c1-11-2-4-16(5-3-11)13(18)17-8-6-15(7-9-17)10-12(14)19/h11H,2-10H2,1H3,(H2,14,19). The molecule has 2 N–H and O–H groups in total. The number of carbonyl (C=O) groups is 1. The lowest BCUT2D eigenvalue weighted by molar-refractivity contribution is 0.107. The lowest BCUT2D eigenvalue weighted by Crippen LogP contribution is -2.54. The van der Waals surface area contributed by atoms with Crippen LogP contribution in [0, 0.1) is 5.92 Å². The highest BCUT2D eigenvalue weighted by molar-refractivity contribution is 7.80. The Balaban J connectivity index is 1.77. The predicted molar refractivity (Wildman–Crippen MR) is 80.2 cm³/mol. The molecule has 0 unspecified atom stereocenters. The lowest BCUT2D eigenvalue weighted by Gasteiger charge is -2.39. The van der Waals surface area contributed by atoms with Crippen LogP contribution in [-0.2, 0) is 0 Å². The molecule has 0 aliphatic carbocycles. The Kier molecular flexibility index (Phi) is 4.99. The molecule has 0 aromatic heterocycles. The van der Waals surface area contributed by atoms with E-state index in [1.165, 1.54) is 0 Å². The third-order valence-electron chi connectivity index (χ3n) is 4.08. The molecule has 2 heterocycles. The van der Waals surface area contributed by atoms with Crippen molar-refractivity contribution in [1.29, 1.82) is 0 Å². The summed E-state index contributed by atoms with van der Waals surface area (Å²) in [5, 5.41) is 0. The first-order valence-electron chi connectivity index (χ1n) is 7.11. The Morgan fingerprint density at radius 1 is 1.11 bits per heavy atom. The Morgan fingerprint density at radius 2 is 1.63 bits per heavy atom. The first-order valence-corrected chi connectivity index (χ1v) is 7.51. The van der Waals surface area contributed by atoms with Crippen molar-refractivity contribution in [3.63, 3.8) is 0 Å². The summed E-state index contributed by atoms with van der Waals surface area (Å²) in [6.07, 6.45) is 2.26. The molecule has 2 saturated heterocycles. The van der Waals surface area contributed by atoms with Crippen LogP contribution in [-0.4, -0.2) is 71.5 Å². The summed E-state index contributed by atoms with van der Waals surface area (Å²) >= 11 is 4.92. The van der Waals surface area contributed by atoms with Crippen molar-refractivity contribution in [2.45, 2.75) is 19.8 Å². The van der Waals surface area contributed by atoms with Gasteiger partial charge in [0, 0.05) is 45.8 Å². The largest absolute Gasteiger partial charge is 0.392 e. The Bertz CT molecular complexity index is 334. The molecule has 2 fully saturated rings. The molecule has 2 aliphatic heterocycles. The van der Waals surface area contributed by atoms with Gasteiger partial charge < -0.3 is 15.5 Å². The number of piperazine rings is 1. The summed E-state index contributed by atoms with van der Waals surface area (Å²) in [4.78, 5) is 19.1. The number of carbonyl (C=O) groups excluding carboxylic acids is 1. The summed E-state index contributed by atoms with van der Waals surface area (Å²) in [5.41, 5.74) is 5.55. The van der Waals surface area contributed by atoms with Gasteiger partial charge in [0.1, 0.15) is 0 Å². The van der Waals surface area contributed by atoms with Crippen LogP contribution < -0.4 is 5.73 Å². The Labute approximate surface area is 120 Å². The molecular weight excluding hydrogens is 260 g/mol. The SMILES string of the molecule is CC1CCN(C(=O)N2CCN(CC(N)=S)CC2)CC1. The molecule has 5 nitrogen and oxygen atoms in total. The minimum Gasteiger partial charge on any atom is -0.392 e. The van der Waals surface area contributed by atoms with Crippen molar-refractivity contribution in [2.75, 3.05) is 45.8 Å². The van der Waals surface area contributed by atoms with Crippen molar-refractivity contribution in [2.24, 2.45) is 11.7 Å². The molecule has 2 amide bonds. The number of hydrogen-bond donors (Lipinski definition) is 1. The minimum absolute atomic E-state index is 0.210. The second kappa shape index (κ2) is 6.52. The summed E-state index contributed by atoms with van der Waals surface area (Å²) in [6.45, 7) is 8.05. The molecule has 0 radical (unpaired) electrons. The van der Waals surface area contributed by atoms with Crippen LogP contribution in [0.5, 0.6) is 0 Å². The van der Waals surface area contributed by atoms with Gasteiger partial charge in [0.2, 0.25) is 0 Å². The minimum atomic E-state index is 0.210. The van der Waals surface area contributed by atoms with Crippen LogP contribution in [0.25, 0.3) is 0 Å². The van der Waals surface area contributed by atoms with E-state index in [1.54, 1.807) is 0 Å². The summed E-state index contributed by atoms with van der Waals surface area (Å²) < 4.78 is 0.